The molecular formula is C13H20O3Si. The third kappa shape index (κ3) is 3.39. The number of rotatable bonds is 4. The number of aryl methyl sites for hydroxylation is 1. The molecule has 1 aliphatic rings. The molecule has 0 aromatic heterocycles. The Labute approximate surface area is 105 Å². The summed E-state index contributed by atoms with van der Waals surface area (Å²) in [6, 6.07) is 6.44. The van der Waals surface area contributed by atoms with E-state index in [1.807, 2.05) is 6.92 Å². The Balaban J connectivity index is 2.18. The summed E-state index contributed by atoms with van der Waals surface area (Å²) in [4.78, 5) is 0. The number of hydrogen-bond donors (Lipinski definition) is 0. The molecule has 0 bridgehead atoms. The maximum Gasteiger partial charge on any atom is 0.192 e. The van der Waals surface area contributed by atoms with Crippen molar-refractivity contribution in [2.75, 3.05) is 19.8 Å². The minimum Gasteiger partial charge on any atom is -0.419 e. The van der Waals surface area contributed by atoms with Crippen LogP contribution in [0.1, 0.15) is 30.8 Å². The summed E-state index contributed by atoms with van der Waals surface area (Å²) in [5.41, 5.74) is 2.43. The van der Waals surface area contributed by atoms with E-state index in [4.69, 9.17) is 13.9 Å². The van der Waals surface area contributed by atoms with Gasteiger partial charge < -0.3 is 13.9 Å². The van der Waals surface area contributed by atoms with Crippen LogP contribution in [0.15, 0.2) is 18.2 Å². The third-order valence-corrected chi connectivity index (χ3v) is 4.38. The van der Waals surface area contributed by atoms with Crippen molar-refractivity contribution in [3.63, 3.8) is 0 Å². The average Bonchev–Trinajstić information content (AvgIpc) is 2.37. The van der Waals surface area contributed by atoms with Gasteiger partial charge in [-0.05, 0) is 25.5 Å². The van der Waals surface area contributed by atoms with E-state index in [1.165, 1.54) is 10.8 Å². The molecule has 94 valence electrons. The van der Waals surface area contributed by atoms with Gasteiger partial charge in [-0.25, -0.2) is 0 Å². The first-order valence-electron chi connectivity index (χ1n) is 6.21. The van der Waals surface area contributed by atoms with Gasteiger partial charge in [0.1, 0.15) is 0 Å². The Hall–Kier alpha value is -0.683. The van der Waals surface area contributed by atoms with Crippen molar-refractivity contribution in [1.82, 2.24) is 0 Å². The summed E-state index contributed by atoms with van der Waals surface area (Å²) in [6.07, 6.45) is 0.799. The molecule has 1 aromatic carbocycles. The molecule has 1 aromatic rings. The Kier molecular flexibility index (Phi) is 4.73. The molecule has 3 nitrogen and oxygen atoms in total. The maximum absolute atomic E-state index is 5.67. The highest BCUT2D eigenvalue weighted by Gasteiger charge is 2.19. The van der Waals surface area contributed by atoms with Crippen LogP contribution < -0.4 is 5.19 Å². The molecule has 4 heteroatoms. The van der Waals surface area contributed by atoms with Gasteiger partial charge in [-0.3, -0.25) is 0 Å². The van der Waals surface area contributed by atoms with E-state index in [-0.39, 0.29) is 6.29 Å². The summed E-state index contributed by atoms with van der Waals surface area (Å²) < 4.78 is 17.0. The summed E-state index contributed by atoms with van der Waals surface area (Å²) in [5, 5.41) is 1.30. The van der Waals surface area contributed by atoms with Gasteiger partial charge >= 0.3 is 0 Å². The van der Waals surface area contributed by atoms with Gasteiger partial charge in [0.25, 0.3) is 0 Å². The van der Waals surface area contributed by atoms with E-state index in [9.17, 15) is 0 Å². The fourth-order valence-electron chi connectivity index (χ4n) is 1.97. The second-order valence-corrected chi connectivity index (χ2v) is 5.73. The average molecular weight is 252 g/mol. The van der Waals surface area contributed by atoms with Crippen LogP contribution in [0.4, 0.5) is 0 Å². The second kappa shape index (κ2) is 6.30. The maximum atomic E-state index is 5.67. The number of benzene rings is 1. The Morgan fingerprint density at radius 3 is 2.82 bits per heavy atom. The van der Waals surface area contributed by atoms with E-state index in [0.717, 1.165) is 31.8 Å². The van der Waals surface area contributed by atoms with Gasteiger partial charge in [-0.2, -0.15) is 0 Å². The molecule has 1 saturated heterocycles. The monoisotopic (exact) mass is 252 g/mol. The molecule has 1 fully saturated rings. The van der Waals surface area contributed by atoms with Crippen LogP contribution in [0.25, 0.3) is 0 Å². The quantitative estimate of drug-likeness (QED) is 0.753. The normalized spacial score (nSPS) is 18.0. The first-order chi connectivity index (χ1) is 8.31. The lowest BCUT2D eigenvalue weighted by atomic mass is 10.1. The predicted octanol–water partition coefficient (Wildman–Crippen LogP) is 1.18. The first kappa shape index (κ1) is 12.8. The lowest BCUT2D eigenvalue weighted by Crippen LogP contribution is -2.28. The van der Waals surface area contributed by atoms with E-state index in [1.54, 1.807) is 0 Å². The smallest absolute Gasteiger partial charge is 0.192 e. The molecule has 17 heavy (non-hydrogen) atoms. The predicted molar refractivity (Wildman–Crippen MR) is 70.2 cm³/mol. The fraction of sp³-hybridized carbons (Fsp3) is 0.538. The molecule has 2 rings (SSSR count). The van der Waals surface area contributed by atoms with Crippen LogP contribution in [0, 0.1) is 6.92 Å². The topological polar surface area (TPSA) is 27.7 Å². The zero-order valence-corrected chi connectivity index (χ0v) is 12.0. The summed E-state index contributed by atoms with van der Waals surface area (Å²) in [5.74, 6) is 0. The molecule has 0 amide bonds. The SMILES string of the molecule is CCO[SiH2]c1cc(C)ccc1C1OCCCO1. The van der Waals surface area contributed by atoms with Gasteiger partial charge in [0.2, 0.25) is 0 Å². The first-order valence-corrected chi connectivity index (χ1v) is 7.50. The van der Waals surface area contributed by atoms with Gasteiger partial charge in [-0.15, -0.1) is 0 Å². The minimum absolute atomic E-state index is 0.188. The van der Waals surface area contributed by atoms with Crippen molar-refractivity contribution in [2.45, 2.75) is 26.6 Å². The molecule has 0 spiro atoms. The second-order valence-electron chi connectivity index (χ2n) is 4.27. The molecular weight excluding hydrogens is 232 g/mol. The highest BCUT2D eigenvalue weighted by atomic mass is 28.2. The molecule has 1 aliphatic heterocycles. The largest absolute Gasteiger partial charge is 0.419 e. The Morgan fingerprint density at radius 2 is 2.12 bits per heavy atom. The van der Waals surface area contributed by atoms with Crippen molar-refractivity contribution in [3.8, 4) is 0 Å². The summed E-state index contributed by atoms with van der Waals surface area (Å²) >= 11 is 0. The van der Waals surface area contributed by atoms with Crippen LogP contribution in [0.5, 0.6) is 0 Å². The van der Waals surface area contributed by atoms with Crippen molar-refractivity contribution < 1.29 is 13.9 Å². The van der Waals surface area contributed by atoms with Crippen LogP contribution in [0.2, 0.25) is 0 Å². The number of ether oxygens (including phenoxy) is 2. The molecule has 0 atom stereocenters. The van der Waals surface area contributed by atoms with Gasteiger partial charge in [-0.1, -0.05) is 23.8 Å². The minimum atomic E-state index is -0.667. The van der Waals surface area contributed by atoms with Gasteiger partial charge in [0.05, 0.1) is 13.2 Å². The zero-order valence-electron chi connectivity index (χ0n) is 10.6. The van der Waals surface area contributed by atoms with Crippen LogP contribution in [-0.4, -0.2) is 29.6 Å². The highest BCUT2D eigenvalue weighted by molar-refractivity contribution is 6.47. The number of hydrogen-bond acceptors (Lipinski definition) is 3. The molecule has 1 heterocycles. The lowest BCUT2D eigenvalue weighted by Gasteiger charge is -2.25. The fourth-order valence-corrected chi connectivity index (χ4v) is 3.25. The standard InChI is InChI=1S/C13H20O3Si/c1-3-16-17-12-9-10(2)5-6-11(12)13-14-7-4-8-15-13/h5-6,9,13H,3-4,7-8,17H2,1-2H3. The highest BCUT2D eigenvalue weighted by Crippen LogP contribution is 2.21. The van der Waals surface area contributed by atoms with E-state index in [0.29, 0.717) is 0 Å². The van der Waals surface area contributed by atoms with Crippen LogP contribution in [-0.2, 0) is 13.9 Å². The van der Waals surface area contributed by atoms with E-state index >= 15 is 0 Å². The van der Waals surface area contributed by atoms with Crippen molar-refractivity contribution in [3.05, 3.63) is 29.3 Å². The molecule has 0 radical (unpaired) electrons. The third-order valence-electron chi connectivity index (χ3n) is 2.84. The Bertz CT molecular complexity index is 362. The zero-order chi connectivity index (χ0) is 12.1. The van der Waals surface area contributed by atoms with Crippen LogP contribution in [0.3, 0.4) is 0 Å². The van der Waals surface area contributed by atoms with E-state index < -0.39 is 9.76 Å². The Morgan fingerprint density at radius 1 is 1.35 bits per heavy atom. The van der Waals surface area contributed by atoms with Crippen molar-refractivity contribution in [2.24, 2.45) is 0 Å². The molecule has 0 N–H and O–H groups in total. The lowest BCUT2D eigenvalue weighted by molar-refractivity contribution is -0.182. The van der Waals surface area contributed by atoms with Crippen LogP contribution >= 0.6 is 0 Å². The summed E-state index contributed by atoms with van der Waals surface area (Å²) in [6.45, 7) is 6.50. The molecule has 0 unspecified atom stereocenters. The molecule has 0 saturated carbocycles. The van der Waals surface area contributed by atoms with E-state index in [2.05, 4.69) is 25.1 Å². The van der Waals surface area contributed by atoms with Crippen molar-refractivity contribution >= 4 is 14.9 Å². The molecule has 0 aliphatic carbocycles. The summed E-state index contributed by atoms with van der Waals surface area (Å²) in [7, 11) is -0.667. The van der Waals surface area contributed by atoms with Gasteiger partial charge in [0.15, 0.2) is 16.1 Å². The van der Waals surface area contributed by atoms with Gasteiger partial charge in [0, 0.05) is 12.2 Å². The van der Waals surface area contributed by atoms with Crippen molar-refractivity contribution in [1.29, 1.82) is 0 Å².